The Kier molecular flexibility index (Phi) is 6.20. The van der Waals surface area contributed by atoms with Gasteiger partial charge in [0.05, 0.1) is 27.0 Å². The van der Waals surface area contributed by atoms with Gasteiger partial charge in [0.15, 0.2) is 11.5 Å². The fourth-order valence-corrected chi connectivity index (χ4v) is 2.64. The fraction of sp³-hybridized carbons (Fsp3) is 0.188. The van der Waals surface area contributed by atoms with E-state index in [1.807, 2.05) is 0 Å². The molecule has 0 unspecified atom stereocenters. The molecule has 0 aliphatic rings. The number of non-ortho nitro benzene ring substituents is 1. The largest absolute Gasteiger partial charge is 0.418 e. The molecule has 15 heteroatoms. The van der Waals surface area contributed by atoms with E-state index in [1.165, 1.54) is 5.48 Å². The first-order valence-corrected chi connectivity index (χ1v) is 7.88. The van der Waals surface area contributed by atoms with Crippen LogP contribution < -0.4 is 5.48 Å². The van der Waals surface area contributed by atoms with Crippen molar-refractivity contribution >= 4 is 22.9 Å². The molecule has 0 heterocycles. The van der Waals surface area contributed by atoms with Crippen LogP contribution in [0.5, 0.6) is 0 Å². The number of nitrogens with zero attached hydrogens (tertiary/aromatic N) is 3. The highest BCUT2D eigenvalue weighted by atomic mass is 19.4. The molecule has 0 spiro atoms. The van der Waals surface area contributed by atoms with E-state index < -0.39 is 67.4 Å². The standard InChI is InChI=1S/C16H10F6N4O5/c1-7-9(3-2-4-10(7)15(17,18)19)14(24-27)23-13-11(16(20,21)22)5-8(25(28)29)6-12(13)26(30)31/h2-6,27H,1H3,(H,23,24). The van der Waals surface area contributed by atoms with Gasteiger partial charge in [0.25, 0.3) is 5.69 Å². The lowest BCUT2D eigenvalue weighted by molar-refractivity contribution is -0.394. The van der Waals surface area contributed by atoms with E-state index >= 15 is 0 Å². The molecule has 31 heavy (non-hydrogen) atoms. The van der Waals surface area contributed by atoms with Crippen LogP contribution in [0.25, 0.3) is 0 Å². The summed E-state index contributed by atoms with van der Waals surface area (Å²) in [5, 5.41) is 31.4. The van der Waals surface area contributed by atoms with E-state index in [-0.39, 0.29) is 12.1 Å². The van der Waals surface area contributed by atoms with Gasteiger partial charge < -0.3 is 0 Å². The van der Waals surface area contributed by atoms with Crippen LogP contribution in [0.15, 0.2) is 35.3 Å². The molecule has 0 aliphatic heterocycles. The number of alkyl halides is 6. The summed E-state index contributed by atoms with van der Waals surface area (Å²) in [5.74, 6) is -0.981. The Balaban J connectivity index is 2.89. The molecule has 9 nitrogen and oxygen atoms in total. The number of rotatable bonds is 4. The second kappa shape index (κ2) is 8.17. The highest BCUT2D eigenvalue weighted by Gasteiger charge is 2.40. The van der Waals surface area contributed by atoms with Gasteiger partial charge in [-0.1, -0.05) is 12.1 Å². The number of halogens is 6. The van der Waals surface area contributed by atoms with Crippen LogP contribution in [-0.4, -0.2) is 20.9 Å². The summed E-state index contributed by atoms with van der Waals surface area (Å²) in [6, 6.07) is 2.72. The van der Waals surface area contributed by atoms with Gasteiger partial charge in [-0.2, -0.15) is 26.3 Å². The minimum Gasteiger partial charge on any atom is -0.290 e. The zero-order valence-electron chi connectivity index (χ0n) is 15.1. The first-order chi connectivity index (χ1) is 14.2. The molecular weight excluding hydrogens is 442 g/mol. The molecule has 0 atom stereocenters. The minimum absolute atomic E-state index is 0.0141. The number of hydrogen-bond donors (Lipinski definition) is 2. The summed E-state index contributed by atoms with van der Waals surface area (Å²) >= 11 is 0. The van der Waals surface area contributed by atoms with Crippen molar-refractivity contribution in [1.82, 2.24) is 5.48 Å². The van der Waals surface area contributed by atoms with Crippen LogP contribution >= 0.6 is 0 Å². The molecule has 0 bridgehead atoms. The fourth-order valence-electron chi connectivity index (χ4n) is 2.64. The molecule has 166 valence electrons. The molecule has 0 radical (unpaired) electrons. The number of nitrogens with one attached hydrogen (secondary N) is 1. The van der Waals surface area contributed by atoms with Crippen LogP contribution in [0.3, 0.4) is 0 Å². The molecule has 0 saturated heterocycles. The molecule has 0 saturated carbocycles. The second-order valence-electron chi connectivity index (χ2n) is 5.92. The van der Waals surface area contributed by atoms with Crippen molar-refractivity contribution in [3.63, 3.8) is 0 Å². The number of nitro groups is 2. The van der Waals surface area contributed by atoms with Gasteiger partial charge in [0, 0.05) is 11.6 Å². The van der Waals surface area contributed by atoms with Crippen LogP contribution in [0.1, 0.15) is 22.3 Å². The molecule has 2 aromatic rings. The van der Waals surface area contributed by atoms with E-state index in [1.54, 1.807) is 0 Å². The summed E-state index contributed by atoms with van der Waals surface area (Å²) < 4.78 is 79.7. The number of hydroxylamine groups is 1. The van der Waals surface area contributed by atoms with Gasteiger partial charge in [-0.3, -0.25) is 30.9 Å². The number of amidine groups is 1. The third-order valence-corrected chi connectivity index (χ3v) is 4.01. The molecule has 0 fully saturated rings. The van der Waals surface area contributed by atoms with Crippen molar-refractivity contribution in [3.8, 4) is 0 Å². The summed E-state index contributed by atoms with van der Waals surface area (Å²) in [5.41, 5.74) is -6.98. The molecular formula is C16H10F6N4O5. The van der Waals surface area contributed by atoms with E-state index in [0.29, 0.717) is 6.07 Å². The van der Waals surface area contributed by atoms with Gasteiger partial charge in [-0.05, 0) is 18.6 Å². The van der Waals surface area contributed by atoms with Crippen molar-refractivity contribution in [2.24, 2.45) is 4.99 Å². The van der Waals surface area contributed by atoms with Gasteiger partial charge in [-0.25, -0.2) is 4.99 Å². The SMILES string of the molecule is Cc1c(C(=Nc2c([N+](=O)[O-])cc([N+](=O)[O-])cc2C(F)(F)F)NO)cccc1C(F)(F)F. The average Bonchev–Trinajstić information content (AvgIpc) is 2.64. The summed E-state index contributed by atoms with van der Waals surface area (Å²) in [6.45, 7) is 0.944. The Morgan fingerprint density at radius 3 is 2.03 bits per heavy atom. The molecule has 0 amide bonds. The zero-order chi connectivity index (χ0) is 23.7. The predicted molar refractivity (Wildman–Crippen MR) is 92.1 cm³/mol. The minimum atomic E-state index is -5.36. The van der Waals surface area contributed by atoms with Crippen molar-refractivity contribution in [2.45, 2.75) is 19.3 Å². The van der Waals surface area contributed by atoms with Crippen LogP contribution in [0.2, 0.25) is 0 Å². The Labute approximate surface area is 167 Å². The van der Waals surface area contributed by atoms with Crippen molar-refractivity contribution in [2.75, 3.05) is 0 Å². The van der Waals surface area contributed by atoms with Gasteiger partial charge in [-0.15, -0.1) is 0 Å². The third-order valence-electron chi connectivity index (χ3n) is 4.01. The lowest BCUT2D eigenvalue weighted by atomic mass is 10.0. The maximum Gasteiger partial charge on any atom is 0.418 e. The summed E-state index contributed by atoms with van der Waals surface area (Å²) in [4.78, 5) is 22.8. The van der Waals surface area contributed by atoms with Crippen LogP contribution in [0.4, 0.5) is 43.4 Å². The summed E-state index contributed by atoms with van der Waals surface area (Å²) in [7, 11) is 0. The van der Waals surface area contributed by atoms with E-state index in [9.17, 15) is 51.8 Å². The van der Waals surface area contributed by atoms with E-state index in [2.05, 4.69) is 4.99 Å². The molecule has 0 aromatic heterocycles. The topological polar surface area (TPSA) is 131 Å². The monoisotopic (exact) mass is 452 g/mol. The molecule has 2 N–H and O–H groups in total. The maximum atomic E-state index is 13.4. The highest BCUT2D eigenvalue weighted by molar-refractivity contribution is 6.01. The second-order valence-corrected chi connectivity index (χ2v) is 5.92. The Morgan fingerprint density at radius 2 is 1.58 bits per heavy atom. The number of hydrogen-bond acceptors (Lipinski definition) is 6. The van der Waals surface area contributed by atoms with Gasteiger partial charge in [0.1, 0.15) is 0 Å². The zero-order valence-corrected chi connectivity index (χ0v) is 15.1. The highest BCUT2D eigenvalue weighted by Crippen LogP contribution is 2.44. The third kappa shape index (κ3) is 4.88. The van der Waals surface area contributed by atoms with Gasteiger partial charge >= 0.3 is 18.0 Å². The van der Waals surface area contributed by atoms with E-state index in [0.717, 1.165) is 19.1 Å². The number of nitro benzene ring substituents is 2. The van der Waals surface area contributed by atoms with Crippen LogP contribution in [-0.2, 0) is 12.4 Å². The van der Waals surface area contributed by atoms with Crippen molar-refractivity contribution in [1.29, 1.82) is 0 Å². The Bertz CT molecular complexity index is 1080. The molecule has 2 rings (SSSR count). The number of benzene rings is 2. The predicted octanol–water partition coefficient (Wildman–Crippen LogP) is 4.91. The summed E-state index contributed by atoms with van der Waals surface area (Å²) in [6.07, 6.45) is -10.2. The van der Waals surface area contributed by atoms with E-state index in [4.69, 9.17) is 0 Å². The Morgan fingerprint density at radius 1 is 1.00 bits per heavy atom. The quantitative estimate of drug-likeness (QED) is 0.223. The van der Waals surface area contributed by atoms with Crippen LogP contribution in [0, 0.1) is 27.2 Å². The molecule has 2 aromatic carbocycles. The first kappa shape index (κ1) is 23.5. The Hall–Kier alpha value is -3.75. The normalized spacial score (nSPS) is 12.6. The van der Waals surface area contributed by atoms with Gasteiger partial charge in [0.2, 0.25) is 0 Å². The molecule has 0 aliphatic carbocycles. The smallest absolute Gasteiger partial charge is 0.290 e. The maximum absolute atomic E-state index is 13.4. The van der Waals surface area contributed by atoms with Crippen molar-refractivity contribution in [3.05, 3.63) is 72.8 Å². The van der Waals surface area contributed by atoms with Crippen molar-refractivity contribution < 1.29 is 41.4 Å². The lowest BCUT2D eigenvalue weighted by Gasteiger charge is -2.16. The average molecular weight is 452 g/mol. The first-order valence-electron chi connectivity index (χ1n) is 7.88. The lowest BCUT2D eigenvalue weighted by Crippen LogP contribution is -2.23. The number of aliphatic imine (C=N–C) groups is 1.